The van der Waals surface area contributed by atoms with Crippen molar-refractivity contribution in [2.24, 2.45) is 0 Å². The summed E-state index contributed by atoms with van der Waals surface area (Å²) in [6.07, 6.45) is 5.55. The molecule has 0 unspecified atom stereocenters. The van der Waals surface area contributed by atoms with E-state index in [0.717, 1.165) is 6.42 Å². The second kappa shape index (κ2) is 3.30. The minimum absolute atomic E-state index is 0. The van der Waals surface area contributed by atoms with E-state index < -0.39 is 0 Å². The summed E-state index contributed by atoms with van der Waals surface area (Å²) in [5.41, 5.74) is 4.30. The van der Waals surface area contributed by atoms with E-state index in [2.05, 4.69) is 37.3 Å². The van der Waals surface area contributed by atoms with Crippen LogP contribution in [0.1, 0.15) is 18.1 Å². The molecular weight excluding hydrogens is 127 g/mol. The molecule has 0 saturated heterocycles. The molecular formula is C10H11Li. The Labute approximate surface area is 81.0 Å². The summed E-state index contributed by atoms with van der Waals surface area (Å²) in [5.74, 6) is 0. The average molecular weight is 138 g/mol. The fourth-order valence-electron chi connectivity index (χ4n) is 1.46. The van der Waals surface area contributed by atoms with Crippen molar-refractivity contribution in [2.45, 2.75) is 13.3 Å². The van der Waals surface area contributed by atoms with Gasteiger partial charge in [-0.2, -0.15) is 0 Å². The third-order valence-corrected chi connectivity index (χ3v) is 2.04. The van der Waals surface area contributed by atoms with Gasteiger partial charge in [0.25, 0.3) is 0 Å². The van der Waals surface area contributed by atoms with Crippen molar-refractivity contribution in [1.82, 2.24) is 0 Å². The van der Waals surface area contributed by atoms with Crippen LogP contribution in [0.3, 0.4) is 0 Å². The summed E-state index contributed by atoms with van der Waals surface area (Å²) in [5, 5.41) is 0. The molecule has 0 fully saturated rings. The molecule has 0 spiro atoms. The van der Waals surface area contributed by atoms with E-state index in [4.69, 9.17) is 0 Å². The fourth-order valence-corrected chi connectivity index (χ4v) is 1.46. The Hall–Kier alpha value is -0.443. The standard InChI is InChI=1S/C10H10.Li.H/c1-8-4-2-5-9-6-3-7-10(8)9;;/h2-5,7H,6H2,1H3;;/q;+1;-1. The normalized spacial score (nSPS) is 12.5. The number of allylic oxidation sites excluding steroid dienone is 1. The van der Waals surface area contributed by atoms with Gasteiger partial charge in [0.15, 0.2) is 0 Å². The van der Waals surface area contributed by atoms with Crippen LogP contribution in [0.5, 0.6) is 0 Å². The van der Waals surface area contributed by atoms with Gasteiger partial charge in [-0.1, -0.05) is 30.4 Å². The Balaban J connectivity index is 0.000000605. The van der Waals surface area contributed by atoms with Crippen LogP contribution in [0.4, 0.5) is 0 Å². The van der Waals surface area contributed by atoms with E-state index in [9.17, 15) is 0 Å². The summed E-state index contributed by atoms with van der Waals surface area (Å²) in [4.78, 5) is 0. The van der Waals surface area contributed by atoms with Gasteiger partial charge >= 0.3 is 18.9 Å². The van der Waals surface area contributed by atoms with Crippen molar-refractivity contribution >= 4 is 6.08 Å². The van der Waals surface area contributed by atoms with Crippen LogP contribution in [-0.4, -0.2) is 0 Å². The third kappa shape index (κ3) is 1.43. The molecule has 1 aliphatic rings. The van der Waals surface area contributed by atoms with Crippen molar-refractivity contribution < 1.29 is 20.3 Å². The molecule has 0 heterocycles. The van der Waals surface area contributed by atoms with E-state index in [1.807, 2.05) is 0 Å². The maximum atomic E-state index is 2.22. The van der Waals surface area contributed by atoms with Crippen molar-refractivity contribution in [1.29, 1.82) is 0 Å². The molecule has 1 aromatic carbocycles. The SMILES string of the molecule is Cc1cccc2c1C=CC2.[H-].[Li+]. The van der Waals surface area contributed by atoms with Crippen LogP contribution >= 0.6 is 0 Å². The molecule has 0 N–H and O–H groups in total. The molecule has 0 amide bonds. The number of hydrogen-bond donors (Lipinski definition) is 0. The first kappa shape index (κ1) is 8.65. The second-order valence-electron chi connectivity index (χ2n) is 2.75. The predicted molar refractivity (Wildman–Crippen MR) is 45.0 cm³/mol. The molecule has 2 rings (SSSR count). The number of benzene rings is 1. The van der Waals surface area contributed by atoms with Crippen LogP contribution in [0.15, 0.2) is 24.3 Å². The average Bonchev–Trinajstić information content (AvgIpc) is 2.36. The van der Waals surface area contributed by atoms with E-state index >= 15 is 0 Å². The quantitative estimate of drug-likeness (QED) is 0.431. The van der Waals surface area contributed by atoms with Crippen LogP contribution in [0, 0.1) is 6.92 Å². The first-order valence-electron chi connectivity index (χ1n) is 3.63. The molecule has 11 heavy (non-hydrogen) atoms. The second-order valence-corrected chi connectivity index (χ2v) is 2.75. The molecule has 0 nitrogen and oxygen atoms in total. The zero-order chi connectivity index (χ0) is 6.97. The molecule has 0 radical (unpaired) electrons. The molecule has 1 aliphatic carbocycles. The fraction of sp³-hybridized carbons (Fsp3) is 0.200. The Kier molecular flexibility index (Phi) is 2.60. The van der Waals surface area contributed by atoms with Gasteiger partial charge in [-0.05, 0) is 30.0 Å². The molecule has 52 valence electrons. The zero-order valence-corrected chi connectivity index (χ0v) is 7.09. The van der Waals surface area contributed by atoms with Gasteiger partial charge in [0, 0.05) is 0 Å². The van der Waals surface area contributed by atoms with Crippen molar-refractivity contribution in [3.05, 3.63) is 41.0 Å². The maximum Gasteiger partial charge on any atom is 1.00 e. The van der Waals surface area contributed by atoms with Gasteiger partial charge < -0.3 is 1.43 Å². The molecule has 1 heteroatoms. The van der Waals surface area contributed by atoms with E-state index in [-0.39, 0.29) is 20.3 Å². The molecule has 0 bridgehead atoms. The Morgan fingerprint density at radius 3 is 2.91 bits per heavy atom. The van der Waals surface area contributed by atoms with Crippen LogP contribution in [-0.2, 0) is 6.42 Å². The van der Waals surface area contributed by atoms with Gasteiger partial charge in [-0.15, -0.1) is 0 Å². The summed E-state index contributed by atoms with van der Waals surface area (Å²) < 4.78 is 0. The van der Waals surface area contributed by atoms with Gasteiger partial charge in [0.05, 0.1) is 0 Å². The minimum atomic E-state index is 0. The van der Waals surface area contributed by atoms with Crippen molar-refractivity contribution in [2.75, 3.05) is 0 Å². The summed E-state index contributed by atoms with van der Waals surface area (Å²) >= 11 is 0. The molecule has 1 aromatic rings. The summed E-state index contributed by atoms with van der Waals surface area (Å²) in [6.45, 7) is 2.16. The largest absolute Gasteiger partial charge is 1.00 e. The Morgan fingerprint density at radius 1 is 1.36 bits per heavy atom. The number of rotatable bonds is 0. The first-order valence-corrected chi connectivity index (χ1v) is 3.63. The van der Waals surface area contributed by atoms with E-state index in [1.165, 1.54) is 16.7 Å². The monoisotopic (exact) mass is 138 g/mol. The van der Waals surface area contributed by atoms with E-state index in [1.54, 1.807) is 0 Å². The number of hydrogen-bond acceptors (Lipinski definition) is 0. The van der Waals surface area contributed by atoms with Gasteiger partial charge in [0.1, 0.15) is 0 Å². The van der Waals surface area contributed by atoms with Crippen molar-refractivity contribution in [3.63, 3.8) is 0 Å². The summed E-state index contributed by atoms with van der Waals surface area (Å²) in [6, 6.07) is 6.48. The predicted octanol–water partition coefficient (Wildman–Crippen LogP) is -0.319. The molecule has 0 atom stereocenters. The molecule has 0 aromatic heterocycles. The van der Waals surface area contributed by atoms with Crippen LogP contribution in [0.2, 0.25) is 0 Å². The third-order valence-electron chi connectivity index (χ3n) is 2.04. The number of fused-ring (bicyclic) bond motifs is 1. The summed E-state index contributed by atoms with van der Waals surface area (Å²) in [7, 11) is 0. The van der Waals surface area contributed by atoms with Gasteiger partial charge in [0.2, 0.25) is 0 Å². The topological polar surface area (TPSA) is 0 Å². The van der Waals surface area contributed by atoms with E-state index in [0.29, 0.717) is 0 Å². The van der Waals surface area contributed by atoms with Crippen LogP contribution in [0.25, 0.3) is 6.08 Å². The molecule has 0 aliphatic heterocycles. The van der Waals surface area contributed by atoms with Crippen LogP contribution < -0.4 is 18.9 Å². The molecule has 0 saturated carbocycles. The van der Waals surface area contributed by atoms with Gasteiger partial charge in [-0.3, -0.25) is 0 Å². The zero-order valence-electron chi connectivity index (χ0n) is 8.09. The van der Waals surface area contributed by atoms with Gasteiger partial charge in [-0.25, -0.2) is 0 Å². The number of aryl methyl sites for hydroxylation is 1. The minimum Gasteiger partial charge on any atom is -1.00 e. The van der Waals surface area contributed by atoms with Crippen molar-refractivity contribution in [3.8, 4) is 0 Å². The Morgan fingerprint density at radius 2 is 2.18 bits per heavy atom. The maximum absolute atomic E-state index is 2.22. The Bertz CT molecular complexity index is 292. The first-order chi connectivity index (χ1) is 4.88. The smallest absolute Gasteiger partial charge is 1.00 e.